The summed E-state index contributed by atoms with van der Waals surface area (Å²) in [5.74, 6) is -0.700. The number of thiophene rings is 1. The largest absolute Gasteiger partial charge is 0.416 e. The van der Waals surface area contributed by atoms with E-state index in [1.165, 1.54) is 29.2 Å². The third kappa shape index (κ3) is 4.70. The Labute approximate surface area is 208 Å². The lowest BCUT2D eigenvalue weighted by molar-refractivity contribution is -0.137. The number of fused-ring (bicyclic) bond motifs is 1. The van der Waals surface area contributed by atoms with Gasteiger partial charge in [-0.3, -0.25) is 14.2 Å². The topological polar surface area (TPSA) is 64.0 Å². The van der Waals surface area contributed by atoms with Crippen LogP contribution in [0.2, 0.25) is 5.02 Å². The van der Waals surface area contributed by atoms with Gasteiger partial charge < -0.3 is 5.32 Å². The molecule has 1 N–H and O–H groups in total. The number of carbonyl (C=O) groups is 1. The van der Waals surface area contributed by atoms with Gasteiger partial charge in [0.1, 0.15) is 10.9 Å². The van der Waals surface area contributed by atoms with Crippen molar-refractivity contribution in [1.82, 2.24) is 9.55 Å². The number of rotatable bonds is 4. The highest BCUT2D eigenvalue weighted by Crippen LogP contribution is 2.37. The summed E-state index contributed by atoms with van der Waals surface area (Å²) in [7, 11) is 0. The van der Waals surface area contributed by atoms with Crippen molar-refractivity contribution in [3.05, 3.63) is 79.7 Å². The normalized spacial score (nSPS) is 12.7. The maximum absolute atomic E-state index is 13.5. The van der Waals surface area contributed by atoms with Crippen LogP contribution in [-0.2, 0) is 11.0 Å². The lowest BCUT2D eigenvalue weighted by atomic mass is 9.99. The van der Waals surface area contributed by atoms with Crippen molar-refractivity contribution >= 4 is 44.7 Å². The molecule has 10 heteroatoms. The molecule has 0 aliphatic heterocycles. The summed E-state index contributed by atoms with van der Waals surface area (Å²) in [5, 5.41) is 2.75. The lowest BCUT2D eigenvalue weighted by Gasteiger charge is -2.17. The van der Waals surface area contributed by atoms with Gasteiger partial charge in [-0.15, -0.1) is 11.3 Å². The third-order valence-electron chi connectivity index (χ3n) is 5.96. The van der Waals surface area contributed by atoms with Gasteiger partial charge in [-0.1, -0.05) is 29.8 Å². The summed E-state index contributed by atoms with van der Waals surface area (Å²) in [6.07, 6.45) is -3.31. The Kier molecular flexibility index (Phi) is 6.50. The average molecular weight is 520 g/mol. The zero-order valence-electron chi connectivity index (χ0n) is 19.2. The molecule has 2 aromatic heterocycles. The van der Waals surface area contributed by atoms with Crippen molar-refractivity contribution in [2.45, 2.75) is 39.9 Å². The van der Waals surface area contributed by atoms with Gasteiger partial charge in [0.25, 0.3) is 5.56 Å². The van der Waals surface area contributed by atoms with Crippen LogP contribution in [0, 0.1) is 20.8 Å². The molecule has 0 aliphatic rings. The number of nitrogens with one attached hydrogen (secondary N) is 1. The second-order valence-corrected chi connectivity index (χ2v) is 9.94. The van der Waals surface area contributed by atoms with Gasteiger partial charge in [-0.25, -0.2) is 4.98 Å². The zero-order valence-corrected chi connectivity index (χ0v) is 20.8. The number of hydrogen-bond acceptors (Lipinski definition) is 4. The standard InChI is InChI=1S/C25H21ClF3N3O2S/c1-12-5-6-16(9-13(12)2)20-15(4)35-23-21(20)24(34)32(11-30-23)14(3)22(33)31-19-10-17(25(27,28)29)7-8-18(19)26/h5-11,14H,1-4H3,(H,31,33). The van der Waals surface area contributed by atoms with Crippen LogP contribution in [-0.4, -0.2) is 15.5 Å². The van der Waals surface area contributed by atoms with Gasteiger partial charge >= 0.3 is 6.18 Å². The Bertz CT molecular complexity index is 1530. The minimum absolute atomic E-state index is 0.0510. The third-order valence-corrected chi connectivity index (χ3v) is 7.30. The summed E-state index contributed by atoms with van der Waals surface area (Å²) >= 11 is 7.39. The number of anilines is 1. The van der Waals surface area contributed by atoms with Gasteiger partial charge in [0.05, 0.1) is 28.0 Å². The molecule has 1 unspecified atom stereocenters. The van der Waals surface area contributed by atoms with Crippen molar-refractivity contribution in [2.24, 2.45) is 0 Å². The molecule has 35 heavy (non-hydrogen) atoms. The Balaban J connectivity index is 1.74. The summed E-state index contributed by atoms with van der Waals surface area (Å²) in [5.41, 5.74) is 2.29. The molecule has 4 aromatic rings. The van der Waals surface area contributed by atoms with E-state index in [1.54, 1.807) is 0 Å². The molecule has 2 heterocycles. The van der Waals surface area contributed by atoms with Gasteiger partial charge in [0, 0.05) is 10.4 Å². The summed E-state index contributed by atoms with van der Waals surface area (Å²) in [6, 6.07) is 7.53. The Morgan fingerprint density at radius 3 is 2.49 bits per heavy atom. The van der Waals surface area contributed by atoms with E-state index in [0.29, 0.717) is 10.2 Å². The Hall–Kier alpha value is -3.17. The van der Waals surface area contributed by atoms with Crippen LogP contribution < -0.4 is 10.9 Å². The zero-order chi connectivity index (χ0) is 25.7. The van der Waals surface area contributed by atoms with Crippen molar-refractivity contribution in [3.8, 4) is 11.1 Å². The number of aryl methyl sites for hydroxylation is 3. The lowest BCUT2D eigenvalue weighted by Crippen LogP contribution is -2.31. The molecule has 1 amide bonds. The smallest absolute Gasteiger partial charge is 0.323 e. The average Bonchev–Trinajstić information content (AvgIpc) is 3.13. The van der Waals surface area contributed by atoms with Crippen molar-refractivity contribution < 1.29 is 18.0 Å². The number of nitrogens with zero attached hydrogens (tertiary/aromatic N) is 2. The molecule has 182 valence electrons. The van der Waals surface area contributed by atoms with E-state index in [-0.39, 0.29) is 10.7 Å². The van der Waals surface area contributed by atoms with E-state index in [2.05, 4.69) is 10.3 Å². The van der Waals surface area contributed by atoms with E-state index < -0.39 is 29.2 Å². The van der Waals surface area contributed by atoms with Crippen LogP contribution in [0.1, 0.15) is 34.5 Å². The SMILES string of the molecule is Cc1ccc(-c2c(C)sc3ncn(C(C)C(=O)Nc4cc(C(F)(F)F)ccc4Cl)c(=O)c23)cc1C. The first kappa shape index (κ1) is 24.9. The molecular formula is C25H21ClF3N3O2S. The molecule has 5 nitrogen and oxygen atoms in total. The van der Waals surface area contributed by atoms with E-state index in [9.17, 15) is 22.8 Å². The second-order valence-electron chi connectivity index (χ2n) is 8.33. The number of hydrogen-bond donors (Lipinski definition) is 1. The van der Waals surface area contributed by atoms with Crippen LogP contribution >= 0.6 is 22.9 Å². The van der Waals surface area contributed by atoms with Crippen molar-refractivity contribution in [3.63, 3.8) is 0 Å². The molecule has 0 saturated heterocycles. The second kappa shape index (κ2) is 9.13. The molecule has 2 aromatic carbocycles. The predicted octanol–water partition coefficient (Wildman–Crippen LogP) is 6.92. The molecule has 4 rings (SSSR count). The summed E-state index contributed by atoms with van der Waals surface area (Å²) in [4.78, 5) is 32.3. The Morgan fingerprint density at radius 2 is 1.83 bits per heavy atom. The minimum atomic E-state index is -4.59. The summed E-state index contributed by atoms with van der Waals surface area (Å²) < 4.78 is 40.4. The fraction of sp³-hybridized carbons (Fsp3) is 0.240. The fourth-order valence-corrected chi connectivity index (χ4v) is 4.96. The number of amides is 1. The highest BCUT2D eigenvalue weighted by atomic mass is 35.5. The van der Waals surface area contributed by atoms with E-state index >= 15 is 0 Å². The predicted molar refractivity (Wildman–Crippen MR) is 133 cm³/mol. The number of alkyl halides is 3. The van der Waals surface area contributed by atoms with E-state index in [0.717, 1.165) is 45.3 Å². The first-order valence-electron chi connectivity index (χ1n) is 10.6. The first-order chi connectivity index (χ1) is 16.4. The molecule has 1 atom stereocenters. The van der Waals surface area contributed by atoms with E-state index in [4.69, 9.17) is 11.6 Å². The monoisotopic (exact) mass is 519 g/mol. The van der Waals surface area contributed by atoms with Crippen LogP contribution in [0.3, 0.4) is 0 Å². The molecule has 0 saturated carbocycles. The number of benzene rings is 2. The van der Waals surface area contributed by atoms with Gasteiger partial charge in [0.15, 0.2) is 0 Å². The maximum atomic E-state index is 13.5. The molecule has 0 radical (unpaired) electrons. The van der Waals surface area contributed by atoms with E-state index in [1.807, 2.05) is 39.0 Å². The fourth-order valence-electron chi connectivity index (χ4n) is 3.80. The van der Waals surface area contributed by atoms with Crippen LogP contribution in [0.5, 0.6) is 0 Å². The highest BCUT2D eigenvalue weighted by Gasteiger charge is 2.31. The Morgan fingerprint density at radius 1 is 1.11 bits per heavy atom. The quantitative estimate of drug-likeness (QED) is 0.318. The van der Waals surface area contributed by atoms with Gasteiger partial charge in [-0.2, -0.15) is 13.2 Å². The first-order valence-corrected chi connectivity index (χ1v) is 11.8. The summed E-state index contributed by atoms with van der Waals surface area (Å²) in [6.45, 7) is 7.38. The molecule has 0 fully saturated rings. The molecular weight excluding hydrogens is 499 g/mol. The number of carbonyl (C=O) groups excluding carboxylic acids is 1. The van der Waals surface area contributed by atoms with Gasteiger partial charge in [0.2, 0.25) is 5.91 Å². The maximum Gasteiger partial charge on any atom is 0.416 e. The van der Waals surface area contributed by atoms with Crippen molar-refractivity contribution in [1.29, 1.82) is 0 Å². The molecule has 0 aliphatic carbocycles. The van der Waals surface area contributed by atoms with Crippen LogP contribution in [0.25, 0.3) is 21.3 Å². The van der Waals surface area contributed by atoms with Crippen LogP contribution in [0.15, 0.2) is 47.5 Å². The molecule has 0 bridgehead atoms. The highest BCUT2D eigenvalue weighted by molar-refractivity contribution is 7.19. The molecule has 0 spiro atoms. The van der Waals surface area contributed by atoms with Crippen molar-refractivity contribution in [2.75, 3.05) is 5.32 Å². The number of aromatic nitrogens is 2. The van der Waals surface area contributed by atoms with Gasteiger partial charge in [-0.05, 0) is 62.6 Å². The number of halogens is 4. The van der Waals surface area contributed by atoms with Crippen LogP contribution in [0.4, 0.5) is 18.9 Å². The minimum Gasteiger partial charge on any atom is -0.323 e.